The molecule has 106 valence electrons. The molecule has 1 aliphatic heterocycles. The number of benzene rings is 1. The fourth-order valence-electron chi connectivity index (χ4n) is 3.00. The molecule has 2 N–H and O–H groups in total. The second-order valence-electron chi connectivity index (χ2n) is 5.45. The molecule has 0 aliphatic carbocycles. The van der Waals surface area contributed by atoms with Gasteiger partial charge in [0.05, 0.1) is 10.2 Å². The lowest BCUT2D eigenvalue weighted by molar-refractivity contribution is 0.725. The zero-order valence-corrected chi connectivity index (χ0v) is 12.7. The maximum absolute atomic E-state index is 6.08. The van der Waals surface area contributed by atoms with Crippen molar-refractivity contribution in [3.05, 3.63) is 46.6 Å². The Labute approximate surface area is 127 Å². The van der Waals surface area contributed by atoms with Gasteiger partial charge in [-0.25, -0.2) is 9.97 Å². The Kier molecular flexibility index (Phi) is 2.82. The highest BCUT2D eigenvalue weighted by Gasteiger charge is 2.21. The molecule has 21 heavy (non-hydrogen) atoms. The van der Waals surface area contributed by atoms with Gasteiger partial charge in [0, 0.05) is 18.8 Å². The van der Waals surface area contributed by atoms with Crippen LogP contribution in [0.25, 0.3) is 10.2 Å². The highest BCUT2D eigenvalue weighted by Crippen LogP contribution is 2.34. The number of aromatic nitrogens is 2. The van der Waals surface area contributed by atoms with Crippen molar-refractivity contribution >= 4 is 33.1 Å². The fraction of sp³-hybridized carbons (Fsp3) is 0.250. The van der Waals surface area contributed by atoms with Gasteiger partial charge in [-0.3, -0.25) is 0 Å². The van der Waals surface area contributed by atoms with Crippen LogP contribution in [0.3, 0.4) is 0 Å². The molecule has 3 heterocycles. The van der Waals surface area contributed by atoms with Crippen LogP contribution >= 0.6 is 11.3 Å². The summed E-state index contributed by atoms with van der Waals surface area (Å²) in [6, 6.07) is 6.18. The summed E-state index contributed by atoms with van der Waals surface area (Å²) in [5, 5.41) is 2.15. The molecule has 0 bridgehead atoms. The molecule has 0 saturated heterocycles. The Morgan fingerprint density at radius 2 is 2.19 bits per heavy atom. The third kappa shape index (κ3) is 1.96. The first kappa shape index (κ1) is 12.6. The maximum Gasteiger partial charge on any atom is 0.150 e. The van der Waals surface area contributed by atoms with Crippen LogP contribution in [0, 0.1) is 6.92 Å². The molecule has 0 radical (unpaired) electrons. The van der Waals surface area contributed by atoms with Crippen LogP contribution in [0.15, 0.2) is 29.9 Å². The lowest BCUT2D eigenvalue weighted by atomic mass is 9.98. The number of aryl methyl sites for hydroxylation is 1. The number of hydrogen-bond acceptors (Lipinski definition) is 5. The van der Waals surface area contributed by atoms with E-state index < -0.39 is 0 Å². The number of fused-ring (bicyclic) bond motifs is 2. The number of nitrogens with two attached hydrogens (primary N) is 1. The van der Waals surface area contributed by atoms with Crippen LogP contribution in [-0.2, 0) is 13.0 Å². The number of nitrogens with zero attached hydrogens (tertiary/aromatic N) is 3. The van der Waals surface area contributed by atoms with E-state index in [-0.39, 0.29) is 0 Å². The smallest absolute Gasteiger partial charge is 0.150 e. The van der Waals surface area contributed by atoms with Gasteiger partial charge in [0.25, 0.3) is 0 Å². The molecule has 4 nitrogen and oxygen atoms in total. The Balaban J connectivity index is 1.78. The number of nitrogen functional groups attached to an aromatic ring is 1. The molecule has 5 heteroatoms. The Hall–Kier alpha value is -2.14. The molecule has 4 rings (SSSR count). The van der Waals surface area contributed by atoms with Crippen molar-refractivity contribution in [1.29, 1.82) is 0 Å². The molecule has 0 amide bonds. The molecule has 0 saturated carbocycles. The fourth-order valence-corrected chi connectivity index (χ4v) is 4.02. The average Bonchev–Trinajstić information content (AvgIpc) is 2.89. The predicted molar refractivity (Wildman–Crippen MR) is 87.8 cm³/mol. The summed E-state index contributed by atoms with van der Waals surface area (Å²) in [5.41, 5.74) is 11.9. The van der Waals surface area contributed by atoms with Gasteiger partial charge in [-0.05, 0) is 41.5 Å². The second kappa shape index (κ2) is 4.70. The minimum absolute atomic E-state index is 0.865. The van der Waals surface area contributed by atoms with Gasteiger partial charge in [-0.2, -0.15) is 0 Å². The summed E-state index contributed by atoms with van der Waals surface area (Å²) < 4.78 is 1.18. The van der Waals surface area contributed by atoms with Gasteiger partial charge in [0.15, 0.2) is 0 Å². The van der Waals surface area contributed by atoms with Gasteiger partial charge in [-0.1, -0.05) is 12.1 Å². The molecule has 1 aromatic carbocycles. The Morgan fingerprint density at radius 1 is 1.29 bits per heavy atom. The monoisotopic (exact) mass is 296 g/mol. The first-order valence-electron chi connectivity index (χ1n) is 7.04. The van der Waals surface area contributed by atoms with Crippen molar-refractivity contribution in [2.75, 3.05) is 17.2 Å². The van der Waals surface area contributed by atoms with Gasteiger partial charge in [0.2, 0.25) is 0 Å². The summed E-state index contributed by atoms with van der Waals surface area (Å²) in [7, 11) is 0. The topological polar surface area (TPSA) is 55.0 Å². The van der Waals surface area contributed by atoms with E-state index in [0.717, 1.165) is 36.5 Å². The summed E-state index contributed by atoms with van der Waals surface area (Å²) >= 11 is 1.73. The highest BCUT2D eigenvalue weighted by atomic mass is 32.1. The molecule has 3 aromatic rings. The van der Waals surface area contributed by atoms with Crippen molar-refractivity contribution in [1.82, 2.24) is 9.97 Å². The van der Waals surface area contributed by atoms with Gasteiger partial charge in [0.1, 0.15) is 12.1 Å². The largest absolute Gasteiger partial charge is 0.398 e. The first-order valence-corrected chi connectivity index (χ1v) is 7.92. The zero-order chi connectivity index (χ0) is 14.4. The van der Waals surface area contributed by atoms with Crippen molar-refractivity contribution in [2.24, 2.45) is 0 Å². The summed E-state index contributed by atoms with van der Waals surface area (Å²) in [5.74, 6) is 1.05. The normalized spacial score (nSPS) is 14.4. The molecular weight excluding hydrogens is 280 g/mol. The molecular formula is C16H16N4S. The van der Waals surface area contributed by atoms with Crippen LogP contribution in [0.4, 0.5) is 11.5 Å². The summed E-state index contributed by atoms with van der Waals surface area (Å²) in [4.78, 5) is 11.3. The standard InChI is InChI=1S/C16H16N4S/c1-10-8-21-15-14(10)18-9-19-16(15)20-6-5-12-11(7-20)3-2-4-13(12)17/h2-4,8-9H,5-7,17H2,1H3. The first-order chi connectivity index (χ1) is 10.2. The average molecular weight is 296 g/mol. The SMILES string of the molecule is Cc1csc2c(N3CCc4c(N)cccc4C3)ncnc12. The molecule has 1 aliphatic rings. The second-order valence-corrected chi connectivity index (χ2v) is 6.33. The van der Waals surface area contributed by atoms with E-state index in [2.05, 4.69) is 33.2 Å². The third-order valence-corrected chi connectivity index (χ3v) is 5.20. The molecule has 2 aromatic heterocycles. The van der Waals surface area contributed by atoms with Gasteiger partial charge >= 0.3 is 0 Å². The maximum atomic E-state index is 6.08. The van der Waals surface area contributed by atoms with E-state index in [1.807, 2.05) is 12.1 Å². The lowest BCUT2D eigenvalue weighted by Gasteiger charge is -2.30. The van der Waals surface area contributed by atoms with Crippen molar-refractivity contribution in [2.45, 2.75) is 19.9 Å². The van der Waals surface area contributed by atoms with Gasteiger partial charge in [-0.15, -0.1) is 11.3 Å². The van der Waals surface area contributed by atoms with E-state index in [9.17, 15) is 0 Å². The number of hydrogen-bond donors (Lipinski definition) is 1. The minimum atomic E-state index is 0.865. The Bertz CT molecular complexity index is 824. The highest BCUT2D eigenvalue weighted by molar-refractivity contribution is 7.18. The Morgan fingerprint density at radius 3 is 3.10 bits per heavy atom. The van der Waals surface area contributed by atoms with E-state index >= 15 is 0 Å². The van der Waals surface area contributed by atoms with Crippen LogP contribution in [0.1, 0.15) is 16.7 Å². The van der Waals surface area contributed by atoms with Crippen LogP contribution in [-0.4, -0.2) is 16.5 Å². The van der Waals surface area contributed by atoms with E-state index in [1.165, 1.54) is 21.4 Å². The van der Waals surface area contributed by atoms with E-state index in [1.54, 1.807) is 17.7 Å². The van der Waals surface area contributed by atoms with Gasteiger partial charge < -0.3 is 10.6 Å². The molecule has 0 fully saturated rings. The van der Waals surface area contributed by atoms with Crippen molar-refractivity contribution in [3.8, 4) is 0 Å². The molecule has 0 unspecified atom stereocenters. The summed E-state index contributed by atoms with van der Waals surface area (Å²) in [6.45, 7) is 3.91. The lowest BCUT2D eigenvalue weighted by Crippen LogP contribution is -2.31. The summed E-state index contributed by atoms with van der Waals surface area (Å²) in [6.07, 6.45) is 2.64. The third-order valence-electron chi connectivity index (χ3n) is 4.11. The minimum Gasteiger partial charge on any atom is -0.398 e. The number of thiophene rings is 1. The quantitative estimate of drug-likeness (QED) is 0.701. The zero-order valence-electron chi connectivity index (χ0n) is 11.8. The van der Waals surface area contributed by atoms with Crippen LogP contribution < -0.4 is 10.6 Å². The molecule has 0 spiro atoms. The van der Waals surface area contributed by atoms with Crippen molar-refractivity contribution in [3.63, 3.8) is 0 Å². The molecule has 0 atom stereocenters. The number of rotatable bonds is 1. The number of anilines is 2. The van der Waals surface area contributed by atoms with E-state index in [4.69, 9.17) is 5.73 Å². The predicted octanol–water partition coefficient (Wildman–Crippen LogP) is 3.14. The van der Waals surface area contributed by atoms with Crippen LogP contribution in [0.2, 0.25) is 0 Å². The van der Waals surface area contributed by atoms with Crippen molar-refractivity contribution < 1.29 is 0 Å². The van der Waals surface area contributed by atoms with E-state index in [0.29, 0.717) is 0 Å². The van der Waals surface area contributed by atoms with Crippen LogP contribution in [0.5, 0.6) is 0 Å².